The Labute approximate surface area is 174 Å². The number of nitrogens with zero attached hydrogens (tertiary/aromatic N) is 1. The van der Waals surface area contributed by atoms with Crippen LogP contribution >= 0.6 is 0 Å². The second kappa shape index (κ2) is 7.20. The fourth-order valence-electron chi connectivity index (χ4n) is 6.03. The number of hydrogen-bond acceptors (Lipinski definition) is 5. The zero-order valence-electron chi connectivity index (χ0n) is 17.7. The number of anilines is 1. The average Bonchev–Trinajstić information content (AvgIpc) is 3.21. The highest BCUT2D eigenvalue weighted by atomic mass is 16.3. The normalized spacial score (nSPS) is 34.6. The summed E-state index contributed by atoms with van der Waals surface area (Å²) in [5.74, 6) is 1.99. The van der Waals surface area contributed by atoms with Gasteiger partial charge in [-0.2, -0.15) is 5.10 Å². The van der Waals surface area contributed by atoms with Crippen LogP contribution in [0.5, 0.6) is 0 Å². The molecule has 1 aromatic rings. The third-order valence-corrected chi connectivity index (χ3v) is 7.31. The van der Waals surface area contributed by atoms with Crippen molar-refractivity contribution in [3.8, 4) is 0 Å². The molecule has 156 valence electrons. The average molecular weight is 396 g/mol. The first-order valence-electron chi connectivity index (χ1n) is 10.7. The lowest BCUT2D eigenvalue weighted by Gasteiger charge is -2.34. The van der Waals surface area contributed by atoms with E-state index in [9.17, 15) is 10.2 Å². The van der Waals surface area contributed by atoms with Gasteiger partial charge in [-0.3, -0.25) is 0 Å². The van der Waals surface area contributed by atoms with Crippen molar-refractivity contribution < 1.29 is 10.2 Å². The second-order valence-corrected chi connectivity index (χ2v) is 10.3. The van der Waals surface area contributed by atoms with E-state index in [1.165, 1.54) is 0 Å². The third-order valence-electron chi connectivity index (χ3n) is 7.31. The van der Waals surface area contributed by atoms with Crippen molar-refractivity contribution in [2.45, 2.75) is 52.1 Å². The lowest BCUT2D eigenvalue weighted by molar-refractivity contribution is 0.00920. The fraction of sp³-hybridized carbons (Fsp3) is 0.682. The molecular weight excluding hydrogens is 363 g/mol. The Hall–Kier alpha value is -1.73. The molecule has 0 saturated heterocycles. The number of allylic oxidation sites excluding steroid dienone is 2. The number of rotatable bonds is 7. The maximum absolute atomic E-state index is 11.3. The summed E-state index contributed by atoms with van der Waals surface area (Å²) in [7, 11) is 6.38. The molecule has 5 unspecified atom stereocenters. The summed E-state index contributed by atoms with van der Waals surface area (Å²) >= 11 is 0. The van der Waals surface area contributed by atoms with Crippen LogP contribution in [0.15, 0.2) is 22.8 Å². The molecule has 4 saturated carbocycles. The van der Waals surface area contributed by atoms with Crippen molar-refractivity contribution in [3.63, 3.8) is 0 Å². The van der Waals surface area contributed by atoms with Gasteiger partial charge in [0, 0.05) is 36.2 Å². The van der Waals surface area contributed by atoms with Gasteiger partial charge in [0.25, 0.3) is 0 Å². The molecule has 7 heteroatoms. The largest absolute Gasteiger partial charge is 0.396 e. The molecule has 29 heavy (non-hydrogen) atoms. The van der Waals surface area contributed by atoms with Crippen LogP contribution in [0.2, 0.25) is 0 Å². The highest BCUT2D eigenvalue weighted by molar-refractivity contribution is 6.37. The van der Waals surface area contributed by atoms with Gasteiger partial charge in [-0.25, -0.2) is 0 Å². The van der Waals surface area contributed by atoms with E-state index in [1.54, 1.807) is 0 Å². The van der Waals surface area contributed by atoms with Crippen LogP contribution in [0.4, 0.5) is 5.82 Å². The minimum atomic E-state index is -0.569. The van der Waals surface area contributed by atoms with E-state index in [4.69, 9.17) is 18.7 Å². The number of aliphatic hydroxyl groups excluding tert-OH is 1. The van der Waals surface area contributed by atoms with Crippen LogP contribution in [0.3, 0.4) is 0 Å². The van der Waals surface area contributed by atoms with Crippen LogP contribution in [-0.4, -0.2) is 47.5 Å². The van der Waals surface area contributed by atoms with E-state index in [1.807, 2.05) is 33.0 Å². The van der Waals surface area contributed by atoms with Gasteiger partial charge in [0.2, 0.25) is 0 Å². The van der Waals surface area contributed by atoms with E-state index in [0.29, 0.717) is 29.7 Å². The molecule has 4 bridgehead atoms. The number of nitrogens with two attached hydrogens (primary N) is 1. The number of aromatic nitrogens is 1. The number of nitrogen functional groups attached to an aromatic ring is 1. The van der Waals surface area contributed by atoms with Gasteiger partial charge in [0.15, 0.2) is 0 Å². The maximum Gasteiger partial charge on any atom is 0.108 e. The minimum Gasteiger partial charge on any atom is -0.396 e. The number of aromatic amines is 1. The first-order chi connectivity index (χ1) is 13.6. The highest BCUT2D eigenvalue weighted by Gasteiger charge is 2.63. The lowest BCUT2D eigenvalue weighted by atomic mass is 9.70. The van der Waals surface area contributed by atoms with Gasteiger partial charge in [0.05, 0.1) is 11.3 Å². The van der Waals surface area contributed by atoms with Crippen LogP contribution in [0.25, 0.3) is 5.57 Å². The van der Waals surface area contributed by atoms with E-state index >= 15 is 0 Å². The topological polar surface area (TPSA) is 107 Å². The van der Waals surface area contributed by atoms with Crippen molar-refractivity contribution in [2.75, 3.05) is 18.9 Å². The molecule has 5 rings (SSSR count). The predicted molar refractivity (Wildman–Crippen MR) is 117 cm³/mol. The Balaban J connectivity index is 1.74. The van der Waals surface area contributed by atoms with Crippen molar-refractivity contribution in [1.82, 2.24) is 10.4 Å². The van der Waals surface area contributed by atoms with Gasteiger partial charge in [0.1, 0.15) is 13.7 Å². The summed E-state index contributed by atoms with van der Waals surface area (Å²) in [4.78, 5) is 3.04. The summed E-state index contributed by atoms with van der Waals surface area (Å²) in [6, 6.07) is 1.94. The molecule has 6 N–H and O–H groups in total. The predicted octanol–water partition coefficient (Wildman–Crippen LogP) is 2.26. The molecule has 0 aromatic carbocycles. The third kappa shape index (κ3) is 3.53. The summed E-state index contributed by atoms with van der Waals surface area (Å²) in [5, 5.41) is 25.7. The maximum atomic E-state index is 11.3. The van der Waals surface area contributed by atoms with Crippen molar-refractivity contribution >= 4 is 24.9 Å². The summed E-state index contributed by atoms with van der Waals surface area (Å²) in [5.41, 5.74) is 11.9. The zero-order valence-corrected chi connectivity index (χ0v) is 17.7. The number of hydrazone groups is 1. The first-order valence-corrected chi connectivity index (χ1v) is 10.7. The summed E-state index contributed by atoms with van der Waals surface area (Å²) < 4.78 is 0. The number of hydrogen-bond donors (Lipinski definition) is 5. The first kappa shape index (κ1) is 20.5. The molecule has 0 amide bonds. The number of nitrogens with one attached hydrogen (secondary N) is 2. The molecule has 0 spiro atoms. The molecule has 4 fully saturated rings. The standard InChI is InChI=1S/C22H33BN4O2/c1-12(23)17(15-4-5-25-20(15)24)19(27-26-10-21(2,3)11-28)18-14-6-13-7-16(18)22(29,8-13)9-14/h4-5,13-14,16,18,25-26,28-29H,6-11,24H2,1-3H3/b17-12-,27-19+. The summed E-state index contributed by atoms with van der Waals surface area (Å²) in [6.07, 6.45) is 5.77. The smallest absolute Gasteiger partial charge is 0.108 e. The Morgan fingerprint density at radius 1 is 1.41 bits per heavy atom. The van der Waals surface area contributed by atoms with Crippen LogP contribution in [0.1, 0.15) is 52.0 Å². The van der Waals surface area contributed by atoms with E-state index in [0.717, 1.165) is 42.5 Å². The fourth-order valence-corrected chi connectivity index (χ4v) is 6.03. The molecule has 4 aliphatic carbocycles. The van der Waals surface area contributed by atoms with Gasteiger partial charge in [-0.1, -0.05) is 20.8 Å². The molecule has 6 nitrogen and oxygen atoms in total. The zero-order chi connectivity index (χ0) is 21.0. The molecule has 1 aromatic heterocycles. The van der Waals surface area contributed by atoms with E-state index in [2.05, 4.69) is 10.4 Å². The quantitative estimate of drug-likeness (QED) is 0.277. The summed E-state index contributed by atoms with van der Waals surface area (Å²) in [6.45, 7) is 6.48. The molecule has 2 radical (unpaired) electrons. The number of aliphatic hydroxyl groups is 2. The van der Waals surface area contributed by atoms with Crippen LogP contribution in [0, 0.1) is 29.1 Å². The van der Waals surface area contributed by atoms with Crippen molar-refractivity contribution in [3.05, 3.63) is 23.3 Å². The van der Waals surface area contributed by atoms with Crippen LogP contribution in [-0.2, 0) is 0 Å². The molecule has 1 heterocycles. The van der Waals surface area contributed by atoms with Gasteiger partial charge in [-0.05, 0) is 55.1 Å². The van der Waals surface area contributed by atoms with Crippen LogP contribution < -0.4 is 11.2 Å². The minimum absolute atomic E-state index is 0.0737. The lowest BCUT2D eigenvalue weighted by Crippen LogP contribution is -2.36. The van der Waals surface area contributed by atoms with Crippen molar-refractivity contribution in [2.24, 2.45) is 34.2 Å². The van der Waals surface area contributed by atoms with Crippen molar-refractivity contribution in [1.29, 1.82) is 0 Å². The molecular formula is C22H33BN4O2. The molecule has 0 aliphatic heterocycles. The Morgan fingerprint density at radius 2 is 2.17 bits per heavy atom. The Kier molecular flexibility index (Phi) is 5.10. The van der Waals surface area contributed by atoms with Gasteiger partial charge < -0.3 is 26.4 Å². The van der Waals surface area contributed by atoms with E-state index in [-0.39, 0.29) is 23.9 Å². The Morgan fingerprint density at radius 3 is 2.76 bits per heavy atom. The monoisotopic (exact) mass is 396 g/mol. The molecule has 5 atom stereocenters. The van der Waals surface area contributed by atoms with Gasteiger partial charge >= 0.3 is 0 Å². The highest BCUT2D eigenvalue weighted by Crippen LogP contribution is 2.64. The Bertz CT molecular complexity index is 842. The molecule has 4 aliphatic rings. The number of H-pyrrole nitrogens is 1. The second-order valence-electron chi connectivity index (χ2n) is 10.3. The van der Waals surface area contributed by atoms with E-state index < -0.39 is 5.60 Å². The van der Waals surface area contributed by atoms with Gasteiger partial charge in [-0.15, -0.1) is 5.47 Å². The SMILES string of the molecule is [B]/C(C)=C(\C(=N/NCC(C)(C)CO)C1C2CC3CC1C(O)(C3)C2)c1cc[nH]c1N.